The molecule has 0 saturated heterocycles. The van der Waals surface area contributed by atoms with Gasteiger partial charge in [0, 0.05) is 30.1 Å². The lowest BCUT2D eigenvalue weighted by molar-refractivity contribution is -0.0980. The van der Waals surface area contributed by atoms with Crippen LogP contribution in [0.3, 0.4) is 0 Å². The van der Waals surface area contributed by atoms with Crippen LogP contribution in [0.2, 0.25) is 0 Å². The lowest BCUT2D eigenvalue weighted by Gasteiger charge is -2.37. The van der Waals surface area contributed by atoms with E-state index in [0.717, 1.165) is 24.2 Å². The first-order valence-electron chi connectivity index (χ1n) is 9.10. The molecule has 2 aromatic rings. The Morgan fingerprint density at radius 1 is 1.19 bits per heavy atom. The van der Waals surface area contributed by atoms with Crippen LogP contribution in [0.4, 0.5) is 0 Å². The van der Waals surface area contributed by atoms with Crippen LogP contribution in [-0.2, 0) is 11.2 Å². The molecule has 0 aromatic heterocycles. The maximum Gasteiger partial charge on any atom is 0.251 e. The maximum atomic E-state index is 12.5. The monoisotopic (exact) mass is 368 g/mol. The summed E-state index contributed by atoms with van der Waals surface area (Å²) in [5, 5.41) is 6.34. The van der Waals surface area contributed by atoms with Gasteiger partial charge in [0.1, 0.15) is 18.1 Å². The molecule has 5 nitrogen and oxygen atoms in total. The van der Waals surface area contributed by atoms with Crippen LogP contribution in [0.1, 0.15) is 47.8 Å². The quantitative estimate of drug-likeness (QED) is 0.850. The van der Waals surface area contributed by atoms with E-state index < -0.39 is 0 Å². The van der Waals surface area contributed by atoms with Gasteiger partial charge in [-0.05, 0) is 51.1 Å². The summed E-state index contributed by atoms with van der Waals surface area (Å²) in [4.78, 5) is 20.5. The molecular formula is C22H28N2O3. The number of carbonyl (C=O) groups is 2. The van der Waals surface area contributed by atoms with Crippen molar-refractivity contribution in [2.75, 3.05) is 13.6 Å². The van der Waals surface area contributed by atoms with Crippen molar-refractivity contribution in [1.29, 1.82) is 0 Å². The molecule has 2 aromatic carbocycles. The number of nitrogens with one attached hydrogen (secondary N) is 2. The number of hydrogen-bond donors (Lipinski definition) is 2. The minimum Gasteiger partial charge on any atom is -0.487 e. The molecule has 1 unspecified atom stereocenters. The van der Waals surface area contributed by atoms with E-state index in [1.165, 1.54) is 5.56 Å². The summed E-state index contributed by atoms with van der Waals surface area (Å²) in [6.45, 7) is 6.80. The Labute approximate surface area is 161 Å². The van der Waals surface area contributed by atoms with Crippen molar-refractivity contribution in [1.82, 2.24) is 10.6 Å². The lowest BCUT2D eigenvalue weighted by Crippen LogP contribution is -2.38. The number of benzene rings is 2. The predicted molar refractivity (Wildman–Crippen MR) is 107 cm³/mol. The molecule has 0 fully saturated rings. The van der Waals surface area contributed by atoms with Gasteiger partial charge in [-0.15, -0.1) is 0 Å². The van der Waals surface area contributed by atoms with Crippen molar-refractivity contribution >= 4 is 12.7 Å². The Bertz CT molecular complexity index is 759. The lowest BCUT2D eigenvalue weighted by atomic mass is 9.89. The molecule has 0 saturated carbocycles. The largest absolute Gasteiger partial charge is 0.487 e. The van der Waals surface area contributed by atoms with Gasteiger partial charge in [-0.25, -0.2) is 0 Å². The summed E-state index contributed by atoms with van der Waals surface area (Å²) >= 11 is 0. The van der Waals surface area contributed by atoms with E-state index in [2.05, 4.69) is 36.6 Å². The highest BCUT2D eigenvalue weighted by atomic mass is 16.5. The highest BCUT2D eigenvalue weighted by molar-refractivity contribution is 5.94. The average Bonchev–Trinajstić information content (AvgIpc) is 2.68. The summed E-state index contributed by atoms with van der Waals surface area (Å²) in [7, 11) is 1.95. The van der Waals surface area contributed by atoms with E-state index in [-0.39, 0.29) is 17.6 Å². The zero-order chi connectivity index (χ0) is 19.9. The van der Waals surface area contributed by atoms with Gasteiger partial charge in [0.15, 0.2) is 0 Å². The van der Waals surface area contributed by atoms with E-state index in [9.17, 15) is 4.79 Å². The molecular weight excluding hydrogens is 340 g/mol. The zero-order valence-electron chi connectivity index (χ0n) is 16.2. The van der Waals surface area contributed by atoms with Crippen molar-refractivity contribution in [3.63, 3.8) is 0 Å². The Hall–Kier alpha value is -2.66. The molecule has 0 aliphatic carbocycles. The zero-order valence-corrected chi connectivity index (χ0v) is 16.2. The molecule has 0 radical (unpaired) electrons. The predicted octanol–water partition coefficient (Wildman–Crippen LogP) is 3.30. The van der Waals surface area contributed by atoms with Crippen LogP contribution in [0.5, 0.6) is 5.75 Å². The first kappa shape index (κ1) is 20.6. The van der Waals surface area contributed by atoms with E-state index >= 15 is 0 Å². The summed E-state index contributed by atoms with van der Waals surface area (Å²) in [5.74, 6) is 0.815. The highest BCUT2D eigenvalue weighted by Gasteiger charge is 2.33. The fourth-order valence-electron chi connectivity index (χ4n) is 3.32. The standard InChI is InChI=1S/C21H26N2O2.CH2O/c1-21(2)14-18(22-3)17-13-16(9-10-19(17)25-21)20(24)23-12-11-15-7-5-4-6-8-15;1-2/h4-10,13,18,22H,11-12,14H2,1-3H3,(H,23,24);1H2. The summed E-state index contributed by atoms with van der Waals surface area (Å²) in [5.41, 5.74) is 2.74. The van der Waals surface area contributed by atoms with Gasteiger partial charge in [0.2, 0.25) is 0 Å². The molecule has 1 aliphatic rings. The van der Waals surface area contributed by atoms with Crippen molar-refractivity contribution in [3.8, 4) is 5.75 Å². The van der Waals surface area contributed by atoms with Crippen LogP contribution >= 0.6 is 0 Å². The maximum absolute atomic E-state index is 12.5. The van der Waals surface area contributed by atoms with Gasteiger partial charge in [-0.3, -0.25) is 4.79 Å². The molecule has 1 atom stereocenters. The third-order valence-electron chi connectivity index (χ3n) is 4.62. The van der Waals surface area contributed by atoms with E-state index in [1.54, 1.807) is 0 Å². The molecule has 144 valence electrons. The van der Waals surface area contributed by atoms with Crippen LogP contribution in [-0.4, -0.2) is 31.9 Å². The Balaban J connectivity index is 0.00000126. The summed E-state index contributed by atoms with van der Waals surface area (Å²) < 4.78 is 6.05. The van der Waals surface area contributed by atoms with Crippen LogP contribution in [0.15, 0.2) is 48.5 Å². The summed E-state index contributed by atoms with van der Waals surface area (Å²) in [6.07, 6.45) is 1.70. The number of ether oxygens (including phenoxy) is 1. The first-order chi connectivity index (χ1) is 13.0. The smallest absolute Gasteiger partial charge is 0.251 e. The normalized spacial score (nSPS) is 16.9. The SMILES string of the molecule is C=O.CNC1CC(C)(C)Oc2ccc(C(=O)NCCc3ccccc3)cc21. The second-order valence-electron chi connectivity index (χ2n) is 7.15. The third-order valence-corrected chi connectivity index (χ3v) is 4.62. The molecule has 3 rings (SSSR count). The number of carbonyl (C=O) groups excluding carboxylic acids is 2. The summed E-state index contributed by atoms with van der Waals surface area (Å²) in [6, 6.07) is 16.1. The molecule has 27 heavy (non-hydrogen) atoms. The number of amides is 1. The topological polar surface area (TPSA) is 67.4 Å². The number of rotatable bonds is 5. The Kier molecular flexibility index (Phi) is 7.13. The molecule has 0 bridgehead atoms. The first-order valence-corrected chi connectivity index (χ1v) is 9.10. The van der Waals surface area contributed by atoms with E-state index in [1.807, 2.05) is 50.2 Å². The molecule has 5 heteroatoms. The fraction of sp³-hybridized carbons (Fsp3) is 0.364. The molecule has 1 amide bonds. The van der Waals surface area contributed by atoms with Crippen molar-refractivity contribution < 1.29 is 14.3 Å². The average molecular weight is 368 g/mol. The van der Waals surface area contributed by atoms with Gasteiger partial charge in [-0.1, -0.05) is 30.3 Å². The molecule has 1 heterocycles. The van der Waals surface area contributed by atoms with Gasteiger partial charge in [0.25, 0.3) is 5.91 Å². The number of hydrogen-bond acceptors (Lipinski definition) is 4. The number of fused-ring (bicyclic) bond motifs is 1. The minimum absolute atomic E-state index is 0.0431. The van der Waals surface area contributed by atoms with E-state index in [0.29, 0.717) is 12.1 Å². The molecule has 1 aliphatic heterocycles. The third kappa shape index (κ3) is 5.41. The Morgan fingerprint density at radius 2 is 1.89 bits per heavy atom. The van der Waals surface area contributed by atoms with Crippen LogP contribution < -0.4 is 15.4 Å². The minimum atomic E-state index is -0.208. The van der Waals surface area contributed by atoms with Crippen molar-refractivity contribution in [2.24, 2.45) is 0 Å². The second kappa shape index (κ2) is 9.33. The van der Waals surface area contributed by atoms with Crippen LogP contribution in [0, 0.1) is 0 Å². The van der Waals surface area contributed by atoms with Crippen molar-refractivity contribution in [3.05, 3.63) is 65.2 Å². The molecule has 2 N–H and O–H groups in total. The highest BCUT2D eigenvalue weighted by Crippen LogP contribution is 2.39. The molecule has 0 spiro atoms. The second-order valence-corrected chi connectivity index (χ2v) is 7.15. The van der Waals surface area contributed by atoms with E-state index in [4.69, 9.17) is 9.53 Å². The van der Waals surface area contributed by atoms with Gasteiger partial charge < -0.3 is 20.2 Å². The van der Waals surface area contributed by atoms with Gasteiger partial charge >= 0.3 is 0 Å². The van der Waals surface area contributed by atoms with Crippen LogP contribution in [0.25, 0.3) is 0 Å². The van der Waals surface area contributed by atoms with Gasteiger partial charge in [0.05, 0.1) is 0 Å². The Morgan fingerprint density at radius 3 is 2.56 bits per heavy atom. The van der Waals surface area contributed by atoms with Gasteiger partial charge in [-0.2, -0.15) is 0 Å². The van der Waals surface area contributed by atoms with Crippen molar-refractivity contribution in [2.45, 2.75) is 38.3 Å². The fourth-order valence-corrected chi connectivity index (χ4v) is 3.32.